The van der Waals surface area contributed by atoms with Gasteiger partial charge >= 0.3 is 0 Å². The molecule has 0 radical (unpaired) electrons. The average Bonchev–Trinajstić information content (AvgIpc) is 2.88. The molecule has 0 aromatic heterocycles. The molecule has 0 saturated heterocycles. The summed E-state index contributed by atoms with van der Waals surface area (Å²) in [5, 5.41) is 0. The van der Waals surface area contributed by atoms with Gasteiger partial charge in [0.05, 0.1) is 10.9 Å². The van der Waals surface area contributed by atoms with Crippen LogP contribution in [0, 0.1) is 5.82 Å². The van der Waals surface area contributed by atoms with E-state index in [-0.39, 0.29) is 11.9 Å². The molecule has 0 amide bonds. The molecule has 0 spiro atoms. The molecule has 1 atom stereocenters. The maximum absolute atomic E-state index is 13.3. The van der Waals surface area contributed by atoms with Crippen LogP contribution in [0.2, 0.25) is 0 Å². The van der Waals surface area contributed by atoms with Crippen molar-refractivity contribution in [3.05, 3.63) is 59.4 Å². The van der Waals surface area contributed by atoms with Gasteiger partial charge in [0.25, 0.3) is 0 Å². The van der Waals surface area contributed by atoms with E-state index in [0.29, 0.717) is 4.90 Å². The third-order valence-electron chi connectivity index (χ3n) is 4.23. The van der Waals surface area contributed by atoms with Gasteiger partial charge in [0.15, 0.2) is 9.84 Å². The van der Waals surface area contributed by atoms with E-state index in [9.17, 15) is 12.8 Å². The van der Waals surface area contributed by atoms with Crippen LogP contribution in [-0.2, 0) is 16.3 Å². The summed E-state index contributed by atoms with van der Waals surface area (Å²) in [6, 6.07) is 12.0. The van der Waals surface area contributed by atoms with Crippen molar-refractivity contribution in [3.8, 4) is 0 Å². The highest BCUT2D eigenvalue weighted by Gasteiger charge is 2.24. The van der Waals surface area contributed by atoms with Gasteiger partial charge < -0.3 is 4.90 Å². The Labute approximate surface area is 130 Å². The molecule has 0 N–H and O–H groups in total. The van der Waals surface area contributed by atoms with Gasteiger partial charge in [0.2, 0.25) is 0 Å². The standard InChI is InChI=1S/C17H18FNO2S/c1-12(13-3-6-16(7-4-13)22(2,20)21)19-10-9-14-11-15(18)5-8-17(14)19/h3-8,11-12H,9-10H2,1-2H3. The average molecular weight is 319 g/mol. The van der Waals surface area contributed by atoms with Crippen LogP contribution in [0.5, 0.6) is 0 Å². The predicted molar refractivity (Wildman–Crippen MR) is 85.4 cm³/mol. The SMILES string of the molecule is CC(c1ccc(S(C)(=O)=O)cc1)N1CCc2cc(F)ccc21. The minimum Gasteiger partial charge on any atom is -0.364 e. The maximum atomic E-state index is 13.3. The smallest absolute Gasteiger partial charge is 0.175 e. The van der Waals surface area contributed by atoms with Gasteiger partial charge in [-0.05, 0) is 54.8 Å². The van der Waals surface area contributed by atoms with E-state index in [1.807, 2.05) is 18.2 Å². The number of sulfone groups is 1. The molecular weight excluding hydrogens is 301 g/mol. The zero-order valence-corrected chi connectivity index (χ0v) is 13.4. The molecule has 5 heteroatoms. The molecule has 116 valence electrons. The Bertz CT molecular complexity index is 800. The van der Waals surface area contributed by atoms with Crippen LogP contribution in [0.4, 0.5) is 10.1 Å². The molecule has 3 nitrogen and oxygen atoms in total. The molecule has 1 aliphatic rings. The number of hydrogen-bond acceptors (Lipinski definition) is 3. The van der Waals surface area contributed by atoms with Crippen molar-refractivity contribution in [2.75, 3.05) is 17.7 Å². The fourth-order valence-electron chi connectivity index (χ4n) is 2.97. The van der Waals surface area contributed by atoms with E-state index in [1.165, 1.54) is 12.3 Å². The zero-order valence-electron chi connectivity index (χ0n) is 12.6. The highest BCUT2D eigenvalue weighted by atomic mass is 32.2. The highest BCUT2D eigenvalue weighted by Crippen LogP contribution is 2.35. The normalized spacial score (nSPS) is 15.7. The summed E-state index contributed by atoms with van der Waals surface area (Å²) in [4.78, 5) is 2.55. The number of hydrogen-bond donors (Lipinski definition) is 0. The quantitative estimate of drug-likeness (QED) is 0.870. The Morgan fingerprint density at radius 2 is 1.82 bits per heavy atom. The zero-order chi connectivity index (χ0) is 15.9. The summed E-state index contributed by atoms with van der Waals surface area (Å²) in [6.07, 6.45) is 2.04. The van der Waals surface area contributed by atoms with Crippen LogP contribution < -0.4 is 4.90 Å². The van der Waals surface area contributed by atoms with Gasteiger partial charge in [0, 0.05) is 18.5 Å². The van der Waals surface area contributed by atoms with Crippen LogP contribution in [0.3, 0.4) is 0 Å². The molecule has 1 aliphatic heterocycles. The first-order valence-electron chi connectivity index (χ1n) is 7.21. The van der Waals surface area contributed by atoms with Gasteiger partial charge in [0.1, 0.15) is 5.82 Å². The van der Waals surface area contributed by atoms with E-state index in [2.05, 4.69) is 11.8 Å². The van der Waals surface area contributed by atoms with E-state index < -0.39 is 9.84 Å². The Kier molecular flexibility index (Phi) is 3.68. The second kappa shape index (κ2) is 5.39. The summed E-state index contributed by atoms with van der Waals surface area (Å²) in [5.74, 6) is -0.203. The second-order valence-electron chi connectivity index (χ2n) is 5.73. The minimum atomic E-state index is -3.17. The van der Waals surface area contributed by atoms with Crippen molar-refractivity contribution in [1.29, 1.82) is 0 Å². The van der Waals surface area contributed by atoms with Crippen molar-refractivity contribution in [2.24, 2.45) is 0 Å². The summed E-state index contributed by atoms with van der Waals surface area (Å²) in [6.45, 7) is 2.92. The monoisotopic (exact) mass is 319 g/mol. The second-order valence-corrected chi connectivity index (χ2v) is 7.75. The van der Waals surface area contributed by atoms with Crippen LogP contribution in [0.25, 0.3) is 0 Å². The minimum absolute atomic E-state index is 0.111. The summed E-state index contributed by atoms with van der Waals surface area (Å²) >= 11 is 0. The number of benzene rings is 2. The molecular formula is C17H18FNO2S. The van der Waals surface area contributed by atoms with E-state index in [0.717, 1.165) is 29.8 Å². The third-order valence-corrected chi connectivity index (χ3v) is 5.36. The molecule has 1 unspecified atom stereocenters. The molecule has 1 heterocycles. The number of anilines is 1. The lowest BCUT2D eigenvalue weighted by atomic mass is 10.1. The van der Waals surface area contributed by atoms with Crippen molar-refractivity contribution >= 4 is 15.5 Å². The molecule has 0 saturated carbocycles. The molecule has 0 fully saturated rings. The fourth-order valence-corrected chi connectivity index (χ4v) is 3.60. The molecule has 2 aromatic carbocycles. The first-order chi connectivity index (χ1) is 10.4. The van der Waals surface area contributed by atoms with Gasteiger partial charge in [-0.25, -0.2) is 12.8 Å². The van der Waals surface area contributed by atoms with Crippen LogP contribution >= 0.6 is 0 Å². The lowest BCUT2D eigenvalue weighted by Crippen LogP contribution is -2.24. The fraction of sp³-hybridized carbons (Fsp3) is 0.294. The third kappa shape index (κ3) is 2.73. The summed E-state index contributed by atoms with van der Waals surface area (Å²) in [5.41, 5.74) is 3.13. The topological polar surface area (TPSA) is 37.4 Å². The molecule has 22 heavy (non-hydrogen) atoms. The van der Waals surface area contributed by atoms with Crippen LogP contribution in [-0.4, -0.2) is 21.2 Å². The highest BCUT2D eigenvalue weighted by molar-refractivity contribution is 7.90. The number of nitrogens with zero attached hydrogens (tertiary/aromatic N) is 1. The lowest BCUT2D eigenvalue weighted by Gasteiger charge is -2.28. The Balaban J connectivity index is 1.88. The van der Waals surface area contributed by atoms with Gasteiger partial charge in [-0.1, -0.05) is 12.1 Å². The van der Waals surface area contributed by atoms with Crippen molar-refractivity contribution in [1.82, 2.24) is 0 Å². The van der Waals surface area contributed by atoms with Crippen molar-refractivity contribution in [3.63, 3.8) is 0 Å². The van der Waals surface area contributed by atoms with Gasteiger partial charge in [-0.2, -0.15) is 0 Å². The number of halogens is 1. The number of rotatable bonds is 3. The van der Waals surface area contributed by atoms with Crippen molar-refractivity contribution in [2.45, 2.75) is 24.3 Å². The first-order valence-corrected chi connectivity index (χ1v) is 9.10. The lowest BCUT2D eigenvalue weighted by molar-refractivity contribution is 0.601. The number of fused-ring (bicyclic) bond motifs is 1. The van der Waals surface area contributed by atoms with Gasteiger partial charge in [-0.15, -0.1) is 0 Å². The predicted octanol–water partition coefficient (Wildman–Crippen LogP) is 3.35. The molecule has 2 aromatic rings. The van der Waals surface area contributed by atoms with E-state index >= 15 is 0 Å². The Hall–Kier alpha value is -1.88. The van der Waals surface area contributed by atoms with Gasteiger partial charge in [-0.3, -0.25) is 0 Å². The van der Waals surface area contributed by atoms with Crippen LogP contribution in [0.1, 0.15) is 24.1 Å². The molecule has 0 bridgehead atoms. The van der Waals surface area contributed by atoms with E-state index in [1.54, 1.807) is 18.2 Å². The Morgan fingerprint density at radius 3 is 2.45 bits per heavy atom. The largest absolute Gasteiger partial charge is 0.364 e. The molecule has 0 aliphatic carbocycles. The molecule has 3 rings (SSSR count). The first kappa shape index (κ1) is 15.0. The summed E-state index contributed by atoms with van der Waals surface area (Å²) < 4.78 is 36.3. The van der Waals surface area contributed by atoms with Crippen molar-refractivity contribution < 1.29 is 12.8 Å². The Morgan fingerprint density at radius 1 is 1.14 bits per heavy atom. The summed E-state index contributed by atoms with van der Waals surface area (Å²) in [7, 11) is -3.17. The maximum Gasteiger partial charge on any atom is 0.175 e. The van der Waals surface area contributed by atoms with Crippen LogP contribution in [0.15, 0.2) is 47.4 Å². The van der Waals surface area contributed by atoms with E-state index in [4.69, 9.17) is 0 Å².